The van der Waals surface area contributed by atoms with Crippen LogP contribution in [0.1, 0.15) is 82.1 Å². The fraction of sp³-hybridized carbons (Fsp3) is 0.424. The van der Waals surface area contributed by atoms with Crippen LogP contribution in [0.4, 0.5) is 23.4 Å². The van der Waals surface area contributed by atoms with E-state index in [1.54, 1.807) is 11.6 Å². The van der Waals surface area contributed by atoms with Crippen LogP contribution >= 0.6 is 0 Å². The van der Waals surface area contributed by atoms with Gasteiger partial charge in [0.05, 0.1) is 17.7 Å². The van der Waals surface area contributed by atoms with Gasteiger partial charge < -0.3 is 15.0 Å². The van der Waals surface area contributed by atoms with Crippen LogP contribution in [0.2, 0.25) is 0 Å². The minimum Gasteiger partial charge on any atom is -0.381 e. The number of carbonyl (C=O) groups is 3. The van der Waals surface area contributed by atoms with Gasteiger partial charge in [-0.2, -0.15) is 23.5 Å². The van der Waals surface area contributed by atoms with Gasteiger partial charge in [-0.25, -0.2) is 9.07 Å². The molecule has 0 saturated carbocycles. The highest BCUT2D eigenvalue weighted by Gasteiger charge is 2.49. The van der Waals surface area contributed by atoms with E-state index in [1.165, 1.54) is 40.1 Å². The maximum Gasteiger partial charge on any atom is 0.416 e. The number of ether oxygens (including phenoxy) is 1. The number of fused-ring (bicyclic) bond motifs is 1. The number of carbonyl (C=O) groups excluding carboxylic acids is 3. The van der Waals surface area contributed by atoms with Crippen LogP contribution in [-0.4, -0.2) is 70.8 Å². The molecular weight excluding hydrogens is 620 g/mol. The summed E-state index contributed by atoms with van der Waals surface area (Å²) in [6.07, 6.45) is -2.50. The number of amides is 3. The van der Waals surface area contributed by atoms with E-state index >= 15 is 0 Å². The lowest BCUT2D eigenvalue weighted by molar-refractivity contribution is -0.137. The molecule has 47 heavy (non-hydrogen) atoms. The first-order chi connectivity index (χ1) is 22.5. The van der Waals surface area contributed by atoms with Gasteiger partial charge in [0.25, 0.3) is 17.7 Å². The SMILES string of the molecule is CCN1C(=O)C(NC(=O)c2cccc(C(F)(F)F)c2)C(c2ccc(F)cc2)c2c(C(=O)N3CCCC3C#N)nn(C3CCOCC3)c21. The van der Waals surface area contributed by atoms with Crippen molar-refractivity contribution in [3.05, 3.63) is 82.3 Å². The van der Waals surface area contributed by atoms with Crippen molar-refractivity contribution >= 4 is 23.5 Å². The average molecular weight is 653 g/mol. The second kappa shape index (κ2) is 12.8. The summed E-state index contributed by atoms with van der Waals surface area (Å²) in [5.41, 5.74) is -0.664. The maximum absolute atomic E-state index is 14.4. The molecule has 0 bridgehead atoms. The standard InChI is InChI=1S/C33H32F4N6O4/c1-2-41-30-26(28(32(46)42-14-4-7-24(42)18-38)40-43(30)23-12-15-47-16-13-23)25(19-8-10-22(34)11-9-19)27(31(41)45)39-29(44)20-5-3-6-21(17-20)33(35,36)37/h3,5-6,8-11,17,23-25,27H,2,4,7,12-16H2,1H3,(H,39,44). The quantitative estimate of drug-likeness (QED) is 0.382. The van der Waals surface area contributed by atoms with Crippen LogP contribution in [-0.2, 0) is 15.7 Å². The Bertz CT molecular complexity index is 1730. The lowest BCUT2D eigenvalue weighted by Crippen LogP contribution is -2.56. The van der Waals surface area contributed by atoms with Crippen molar-refractivity contribution in [3.63, 3.8) is 0 Å². The van der Waals surface area contributed by atoms with Crippen molar-refractivity contribution in [3.8, 4) is 6.07 Å². The predicted molar refractivity (Wildman–Crippen MR) is 160 cm³/mol. The lowest BCUT2D eigenvalue weighted by Gasteiger charge is -2.39. The molecule has 1 aromatic heterocycles. The summed E-state index contributed by atoms with van der Waals surface area (Å²) >= 11 is 0. The molecule has 3 unspecified atom stereocenters. The molecule has 6 rings (SSSR count). The molecule has 14 heteroatoms. The highest BCUT2D eigenvalue weighted by molar-refractivity contribution is 6.07. The molecule has 0 aliphatic carbocycles. The molecule has 0 radical (unpaired) electrons. The van der Waals surface area contributed by atoms with E-state index in [0.717, 1.165) is 12.1 Å². The average Bonchev–Trinajstić information content (AvgIpc) is 3.71. The minimum absolute atomic E-state index is 0.00719. The summed E-state index contributed by atoms with van der Waals surface area (Å²) in [4.78, 5) is 45.1. The Morgan fingerprint density at radius 2 is 1.83 bits per heavy atom. The van der Waals surface area contributed by atoms with Crippen molar-refractivity contribution < 1.29 is 36.7 Å². The highest BCUT2D eigenvalue weighted by Crippen LogP contribution is 2.45. The van der Waals surface area contributed by atoms with Gasteiger partial charge in [-0.05, 0) is 68.5 Å². The first-order valence-electron chi connectivity index (χ1n) is 15.5. The topological polar surface area (TPSA) is 121 Å². The Morgan fingerprint density at radius 3 is 2.49 bits per heavy atom. The smallest absolute Gasteiger partial charge is 0.381 e. The van der Waals surface area contributed by atoms with Gasteiger partial charge in [0.2, 0.25) is 0 Å². The molecule has 4 heterocycles. The summed E-state index contributed by atoms with van der Waals surface area (Å²) in [6, 6.07) is 8.95. The molecule has 3 aromatic rings. The second-order valence-electron chi connectivity index (χ2n) is 11.8. The first kappa shape index (κ1) is 32.2. The van der Waals surface area contributed by atoms with E-state index in [-0.39, 0.29) is 23.8 Å². The number of nitrogens with zero attached hydrogens (tertiary/aromatic N) is 5. The van der Waals surface area contributed by atoms with Gasteiger partial charge >= 0.3 is 6.18 Å². The van der Waals surface area contributed by atoms with E-state index in [0.29, 0.717) is 68.5 Å². The number of alkyl halides is 3. The Morgan fingerprint density at radius 1 is 1.11 bits per heavy atom. The number of rotatable bonds is 6. The molecule has 2 fully saturated rings. The largest absolute Gasteiger partial charge is 0.416 e. The Hall–Kier alpha value is -4.77. The van der Waals surface area contributed by atoms with Crippen molar-refractivity contribution in [2.45, 2.75) is 62.8 Å². The molecule has 3 amide bonds. The van der Waals surface area contributed by atoms with Crippen molar-refractivity contribution in [1.29, 1.82) is 5.26 Å². The van der Waals surface area contributed by atoms with Crippen LogP contribution in [0.3, 0.4) is 0 Å². The summed E-state index contributed by atoms with van der Waals surface area (Å²) < 4.78 is 61.9. The third-order valence-electron chi connectivity index (χ3n) is 9.04. The van der Waals surface area contributed by atoms with Crippen LogP contribution in [0.5, 0.6) is 0 Å². The summed E-state index contributed by atoms with van der Waals surface area (Å²) in [6.45, 7) is 3.03. The number of benzene rings is 2. The summed E-state index contributed by atoms with van der Waals surface area (Å²) in [5, 5.41) is 17.3. The molecule has 0 spiro atoms. The molecule has 3 aliphatic heterocycles. The summed E-state index contributed by atoms with van der Waals surface area (Å²) in [7, 11) is 0. The van der Waals surface area contributed by atoms with E-state index in [9.17, 15) is 37.2 Å². The number of likely N-dealkylation sites (tertiary alicyclic amines) is 1. The number of likely N-dealkylation sites (N-methyl/N-ethyl adjacent to an activating group) is 1. The van der Waals surface area contributed by atoms with Gasteiger partial charge in [0, 0.05) is 43.3 Å². The van der Waals surface area contributed by atoms with Gasteiger partial charge in [0.1, 0.15) is 23.7 Å². The predicted octanol–water partition coefficient (Wildman–Crippen LogP) is 4.82. The zero-order valence-electron chi connectivity index (χ0n) is 25.5. The number of nitriles is 1. The molecule has 3 atom stereocenters. The fourth-order valence-electron chi connectivity index (χ4n) is 6.74. The fourth-order valence-corrected chi connectivity index (χ4v) is 6.74. The van der Waals surface area contributed by atoms with E-state index < -0.39 is 53.3 Å². The number of halogens is 4. The van der Waals surface area contributed by atoms with Crippen LogP contribution in [0, 0.1) is 17.1 Å². The number of aromatic nitrogens is 2. The lowest BCUT2D eigenvalue weighted by atomic mass is 9.80. The number of hydrogen-bond donors (Lipinski definition) is 1. The molecule has 246 valence electrons. The Balaban J connectivity index is 1.54. The Kier molecular flexibility index (Phi) is 8.76. The van der Waals surface area contributed by atoms with Gasteiger partial charge in [-0.15, -0.1) is 0 Å². The van der Waals surface area contributed by atoms with E-state index in [4.69, 9.17) is 9.84 Å². The van der Waals surface area contributed by atoms with Gasteiger partial charge in [-0.3, -0.25) is 19.3 Å². The highest BCUT2D eigenvalue weighted by atomic mass is 19.4. The van der Waals surface area contributed by atoms with Crippen LogP contribution < -0.4 is 10.2 Å². The van der Waals surface area contributed by atoms with Gasteiger partial charge in [-0.1, -0.05) is 18.2 Å². The Labute approximate surface area is 267 Å². The minimum atomic E-state index is -4.70. The molecule has 10 nitrogen and oxygen atoms in total. The summed E-state index contributed by atoms with van der Waals surface area (Å²) in [5.74, 6) is -3.31. The monoisotopic (exact) mass is 652 g/mol. The van der Waals surface area contributed by atoms with Crippen molar-refractivity contribution in [2.75, 3.05) is 31.2 Å². The normalized spacial score (nSPS) is 21.8. The number of hydrogen-bond acceptors (Lipinski definition) is 6. The molecule has 3 aliphatic rings. The van der Waals surface area contributed by atoms with Crippen LogP contribution in [0.25, 0.3) is 0 Å². The molecule has 1 N–H and O–H groups in total. The van der Waals surface area contributed by atoms with Gasteiger partial charge in [0.15, 0.2) is 5.69 Å². The molecule has 2 saturated heterocycles. The number of nitrogens with one attached hydrogen (secondary N) is 1. The van der Waals surface area contributed by atoms with E-state index in [1.807, 2.05) is 0 Å². The van der Waals surface area contributed by atoms with Crippen molar-refractivity contribution in [2.24, 2.45) is 0 Å². The van der Waals surface area contributed by atoms with E-state index in [2.05, 4.69) is 11.4 Å². The second-order valence-corrected chi connectivity index (χ2v) is 11.8. The third-order valence-corrected chi connectivity index (χ3v) is 9.04. The molecule has 2 aromatic carbocycles. The maximum atomic E-state index is 14.4. The zero-order chi connectivity index (χ0) is 33.5. The number of anilines is 1. The zero-order valence-corrected chi connectivity index (χ0v) is 25.5. The van der Waals surface area contributed by atoms with Crippen LogP contribution in [0.15, 0.2) is 48.5 Å². The van der Waals surface area contributed by atoms with Crippen molar-refractivity contribution in [1.82, 2.24) is 20.0 Å². The molecular formula is C33H32F4N6O4. The third kappa shape index (κ3) is 5.95. The first-order valence-corrected chi connectivity index (χ1v) is 15.5.